The van der Waals surface area contributed by atoms with Gasteiger partial charge in [-0.1, -0.05) is 36.4 Å². The molecule has 2 nitrogen and oxygen atoms in total. The van der Waals surface area contributed by atoms with Crippen LogP contribution in [0.4, 0.5) is 0 Å². The number of nitrogens with zero attached hydrogens (tertiary/aromatic N) is 1. The predicted molar refractivity (Wildman–Crippen MR) is 70.7 cm³/mol. The molecule has 0 spiro atoms. The third-order valence-electron chi connectivity index (χ3n) is 2.95. The molecule has 1 unspecified atom stereocenters. The zero-order valence-corrected chi connectivity index (χ0v) is 10.4. The Labute approximate surface area is 103 Å². The molecule has 0 saturated carbocycles. The molecule has 0 fully saturated rings. The first-order valence-electron chi connectivity index (χ1n) is 5.83. The highest BCUT2D eigenvalue weighted by Crippen LogP contribution is 2.22. The van der Waals surface area contributed by atoms with E-state index in [1.54, 1.807) is 0 Å². The minimum absolute atomic E-state index is 0.375. The minimum atomic E-state index is -0.375. The van der Waals surface area contributed by atoms with E-state index < -0.39 is 0 Å². The van der Waals surface area contributed by atoms with Crippen LogP contribution in [-0.2, 0) is 12.0 Å². The summed E-state index contributed by atoms with van der Waals surface area (Å²) >= 11 is 0. The Morgan fingerprint density at radius 1 is 1.18 bits per heavy atom. The summed E-state index contributed by atoms with van der Waals surface area (Å²) in [4.78, 5) is 4.21. The molecular formula is C15H18N2. The second kappa shape index (κ2) is 4.68. The van der Waals surface area contributed by atoms with Gasteiger partial charge in [-0.3, -0.25) is 4.98 Å². The zero-order chi connectivity index (χ0) is 12.3. The van der Waals surface area contributed by atoms with Gasteiger partial charge in [0.25, 0.3) is 0 Å². The van der Waals surface area contributed by atoms with E-state index in [1.165, 1.54) is 5.56 Å². The van der Waals surface area contributed by atoms with Crippen molar-refractivity contribution < 1.29 is 0 Å². The minimum Gasteiger partial charge on any atom is -0.321 e. The van der Waals surface area contributed by atoms with Crippen LogP contribution in [0.3, 0.4) is 0 Å². The van der Waals surface area contributed by atoms with Crippen LogP contribution in [0.1, 0.15) is 23.6 Å². The predicted octanol–water partition coefficient (Wildman–Crippen LogP) is 2.81. The van der Waals surface area contributed by atoms with Gasteiger partial charge in [-0.05, 0) is 37.0 Å². The standard InChI is InChI=1S/C15H18N2/c1-12-8-14(11-17-10-12)15(2,16)9-13-6-4-3-5-7-13/h3-8,10-11H,9,16H2,1-2H3. The number of benzene rings is 1. The van der Waals surface area contributed by atoms with E-state index in [9.17, 15) is 0 Å². The number of pyridine rings is 1. The molecule has 2 aromatic rings. The maximum Gasteiger partial charge on any atom is 0.0437 e. The van der Waals surface area contributed by atoms with E-state index in [4.69, 9.17) is 5.73 Å². The summed E-state index contributed by atoms with van der Waals surface area (Å²) in [6, 6.07) is 12.4. The SMILES string of the molecule is Cc1cncc(C(C)(N)Cc2ccccc2)c1. The zero-order valence-electron chi connectivity index (χ0n) is 10.4. The highest BCUT2D eigenvalue weighted by Gasteiger charge is 2.21. The molecule has 0 radical (unpaired) electrons. The first-order valence-corrected chi connectivity index (χ1v) is 5.83. The van der Waals surface area contributed by atoms with Crippen LogP contribution in [0.25, 0.3) is 0 Å². The summed E-state index contributed by atoms with van der Waals surface area (Å²) in [7, 11) is 0. The maximum atomic E-state index is 6.40. The number of aromatic nitrogens is 1. The second-order valence-electron chi connectivity index (χ2n) is 4.83. The lowest BCUT2D eigenvalue weighted by atomic mass is 9.87. The van der Waals surface area contributed by atoms with E-state index in [2.05, 4.69) is 30.1 Å². The summed E-state index contributed by atoms with van der Waals surface area (Å²) in [6.07, 6.45) is 4.52. The normalized spacial score (nSPS) is 14.3. The molecule has 0 aliphatic rings. The first-order chi connectivity index (χ1) is 8.08. The average Bonchev–Trinajstić information content (AvgIpc) is 2.30. The van der Waals surface area contributed by atoms with Crippen molar-refractivity contribution in [3.8, 4) is 0 Å². The molecule has 2 rings (SSSR count). The third-order valence-corrected chi connectivity index (χ3v) is 2.95. The van der Waals surface area contributed by atoms with Gasteiger partial charge in [-0.15, -0.1) is 0 Å². The lowest BCUT2D eigenvalue weighted by molar-refractivity contribution is 0.489. The molecule has 0 bridgehead atoms. The first kappa shape index (κ1) is 11.8. The Hall–Kier alpha value is -1.67. The Balaban J connectivity index is 2.25. The maximum absolute atomic E-state index is 6.40. The fourth-order valence-corrected chi connectivity index (χ4v) is 1.99. The number of hydrogen-bond acceptors (Lipinski definition) is 2. The third kappa shape index (κ3) is 2.92. The molecule has 0 aliphatic heterocycles. The molecule has 1 heterocycles. The van der Waals surface area contributed by atoms with Gasteiger partial charge in [0.1, 0.15) is 0 Å². The van der Waals surface area contributed by atoms with Crippen LogP contribution in [0.15, 0.2) is 48.8 Å². The van der Waals surface area contributed by atoms with Gasteiger partial charge in [0.2, 0.25) is 0 Å². The fourth-order valence-electron chi connectivity index (χ4n) is 1.99. The molecule has 1 aromatic carbocycles. The molecule has 0 amide bonds. The van der Waals surface area contributed by atoms with Gasteiger partial charge in [0.05, 0.1) is 0 Å². The Bertz CT molecular complexity index is 489. The second-order valence-corrected chi connectivity index (χ2v) is 4.83. The van der Waals surface area contributed by atoms with Crippen LogP contribution < -0.4 is 5.73 Å². The summed E-state index contributed by atoms with van der Waals surface area (Å²) < 4.78 is 0. The van der Waals surface area contributed by atoms with Crippen molar-refractivity contribution in [1.82, 2.24) is 4.98 Å². The van der Waals surface area contributed by atoms with Gasteiger partial charge in [-0.25, -0.2) is 0 Å². The summed E-state index contributed by atoms with van der Waals surface area (Å²) in [6.45, 7) is 4.09. The van der Waals surface area contributed by atoms with Crippen molar-refractivity contribution in [3.05, 3.63) is 65.5 Å². The van der Waals surface area contributed by atoms with Crippen LogP contribution in [-0.4, -0.2) is 4.98 Å². The van der Waals surface area contributed by atoms with Crippen LogP contribution in [0, 0.1) is 6.92 Å². The number of nitrogens with two attached hydrogens (primary N) is 1. The molecule has 88 valence electrons. The molecule has 17 heavy (non-hydrogen) atoms. The van der Waals surface area contributed by atoms with Crippen molar-refractivity contribution >= 4 is 0 Å². The van der Waals surface area contributed by atoms with E-state index in [0.717, 1.165) is 17.5 Å². The monoisotopic (exact) mass is 226 g/mol. The number of rotatable bonds is 3. The smallest absolute Gasteiger partial charge is 0.0437 e. The van der Waals surface area contributed by atoms with Crippen LogP contribution in [0.5, 0.6) is 0 Å². The van der Waals surface area contributed by atoms with E-state index in [-0.39, 0.29) is 5.54 Å². The Morgan fingerprint density at radius 2 is 1.88 bits per heavy atom. The highest BCUT2D eigenvalue weighted by atomic mass is 14.7. The summed E-state index contributed by atoms with van der Waals surface area (Å²) in [5.74, 6) is 0. The van der Waals surface area contributed by atoms with Gasteiger partial charge >= 0.3 is 0 Å². The number of aryl methyl sites for hydroxylation is 1. The average molecular weight is 226 g/mol. The van der Waals surface area contributed by atoms with E-state index >= 15 is 0 Å². The highest BCUT2D eigenvalue weighted by molar-refractivity contribution is 5.27. The van der Waals surface area contributed by atoms with Crippen molar-refractivity contribution in [2.75, 3.05) is 0 Å². The Kier molecular flexibility index (Phi) is 3.25. The summed E-state index contributed by atoms with van der Waals surface area (Å²) in [5, 5.41) is 0. The summed E-state index contributed by atoms with van der Waals surface area (Å²) in [5.41, 5.74) is 9.50. The fraction of sp³-hybridized carbons (Fsp3) is 0.267. The van der Waals surface area contributed by atoms with Gasteiger partial charge in [0, 0.05) is 17.9 Å². The quantitative estimate of drug-likeness (QED) is 0.874. The largest absolute Gasteiger partial charge is 0.321 e. The van der Waals surface area contributed by atoms with Gasteiger partial charge in [0.15, 0.2) is 0 Å². The lowest BCUT2D eigenvalue weighted by Gasteiger charge is -2.25. The van der Waals surface area contributed by atoms with Gasteiger partial charge < -0.3 is 5.73 Å². The van der Waals surface area contributed by atoms with Crippen molar-refractivity contribution in [2.24, 2.45) is 5.73 Å². The van der Waals surface area contributed by atoms with Crippen molar-refractivity contribution in [3.63, 3.8) is 0 Å². The number of hydrogen-bond donors (Lipinski definition) is 1. The topological polar surface area (TPSA) is 38.9 Å². The molecule has 1 atom stereocenters. The lowest BCUT2D eigenvalue weighted by Crippen LogP contribution is -2.35. The molecule has 2 heteroatoms. The molecule has 0 aliphatic carbocycles. The van der Waals surface area contributed by atoms with Crippen molar-refractivity contribution in [2.45, 2.75) is 25.8 Å². The van der Waals surface area contributed by atoms with Crippen LogP contribution >= 0.6 is 0 Å². The molecule has 0 saturated heterocycles. The van der Waals surface area contributed by atoms with Crippen molar-refractivity contribution in [1.29, 1.82) is 0 Å². The van der Waals surface area contributed by atoms with Crippen LogP contribution in [0.2, 0.25) is 0 Å². The Morgan fingerprint density at radius 3 is 2.53 bits per heavy atom. The molecule has 2 N–H and O–H groups in total. The molecular weight excluding hydrogens is 208 g/mol. The van der Waals surface area contributed by atoms with Gasteiger partial charge in [-0.2, -0.15) is 0 Å². The van der Waals surface area contributed by atoms with E-state index in [1.807, 2.05) is 37.5 Å². The van der Waals surface area contributed by atoms with E-state index in [0.29, 0.717) is 0 Å². The molecule has 1 aromatic heterocycles.